The lowest BCUT2D eigenvalue weighted by Crippen LogP contribution is -2.39. The maximum atomic E-state index is 14.2. The van der Waals surface area contributed by atoms with Gasteiger partial charge in [-0.3, -0.25) is 9.36 Å². The molecule has 0 aliphatic carbocycles. The number of hydrogen-bond donors (Lipinski definition) is 0. The van der Waals surface area contributed by atoms with Crippen molar-refractivity contribution < 1.29 is 9.53 Å². The standard InChI is InChI=1S/C33H28N4O3S2/c1-4-40-32(39)28-21(2)34-33-37(30(28)23-15-17-26(41-3)18-16-23)31(38)27(42-33)19-24-20-36(25-13-9-6-10-14-25)35-29(24)22-11-7-5-8-12-22/h5-20,30H,4H2,1-3H3/b27-19-/t30-/m1/s1. The molecule has 2 aromatic heterocycles. The van der Waals surface area contributed by atoms with Gasteiger partial charge in [0.2, 0.25) is 0 Å². The fourth-order valence-electron chi connectivity index (χ4n) is 5.06. The lowest BCUT2D eigenvalue weighted by atomic mass is 9.96. The van der Waals surface area contributed by atoms with Gasteiger partial charge in [0.1, 0.15) is 0 Å². The first-order chi connectivity index (χ1) is 20.5. The van der Waals surface area contributed by atoms with Crippen LogP contribution in [0.3, 0.4) is 0 Å². The minimum absolute atomic E-state index is 0.224. The van der Waals surface area contributed by atoms with Gasteiger partial charge in [-0.1, -0.05) is 72.0 Å². The number of para-hydroxylation sites is 1. The van der Waals surface area contributed by atoms with E-state index >= 15 is 0 Å². The molecule has 9 heteroatoms. The molecule has 1 aliphatic rings. The third-order valence-electron chi connectivity index (χ3n) is 7.05. The molecule has 0 bridgehead atoms. The zero-order valence-electron chi connectivity index (χ0n) is 23.4. The van der Waals surface area contributed by atoms with Crippen LogP contribution < -0.4 is 14.9 Å². The number of benzene rings is 3. The molecule has 0 amide bonds. The molecular formula is C33H28N4O3S2. The SMILES string of the molecule is CCOC(=O)C1=C(C)N=c2s/c(=C\c3cn(-c4ccccc4)nc3-c3ccccc3)c(=O)n2[C@@H]1c1ccc(SC)cc1. The third kappa shape index (κ3) is 5.17. The summed E-state index contributed by atoms with van der Waals surface area (Å²) in [5, 5.41) is 4.89. The van der Waals surface area contributed by atoms with Crippen LogP contribution in [-0.4, -0.2) is 33.2 Å². The molecule has 3 heterocycles. The van der Waals surface area contributed by atoms with E-state index in [1.807, 2.05) is 108 Å². The summed E-state index contributed by atoms with van der Waals surface area (Å²) in [5.41, 5.74) is 4.93. The van der Waals surface area contributed by atoms with E-state index < -0.39 is 12.0 Å². The average Bonchev–Trinajstić information content (AvgIpc) is 3.58. The first-order valence-electron chi connectivity index (χ1n) is 13.5. The van der Waals surface area contributed by atoms with Gasteiger partial charge in [-0.2, -0.15) is 5.10 Å². The van der Waals surface area contributed by atoms with Crippen LogP contribution in [0.1, 0.15) is 31.0 Å². The molecule has 0 fully saturated rings. The number of esters is 1. The number of nitrogens with zero attached hydrogens (tertiary/aromatic N) is 4. The number of thioether (sulfide) groups is 1. The van der Waals surface area contributed by atoms with Gasteiger partial charge in [0, 0.05) is 22.2 Å². The Balaban J connectivity index is 1.55. The molecule has 3 aromatic carbocycles. The highest BCUT2D eigenvalue weighted by Crippen LogP contribution is 2.32. The van der Waals surface area contributed by atoms with Crippen LogP contribution in [0.5, 0.6) is 0 Å². The van der Waals surface area contributed by atoms with Gasteiger partial charge in [0.15, 0.2) is 4.80 Å². The lowest BCUT2D eigenvalue weighted by molar-refractivity contribution is -0.139. The molecule has 0 spiro atoms. The molecule has 0 saturated heterocycles. The fourth-order valence-corrected chi connectivity index (χ4v) is 6.51. The summed E-state index contributed by atoms with van der Waals surface area (Å²) in [7, 11) is 0. The van der Waals surface area contributed by atoms with Gasteiger partial charge >= 0.3 is 5.97 Å². The second-order valence-corrected chi connectivity index (χ2v) is 11.5. The van der Waals surface area contributed by atoms with Gasteiger partial charge in [0.25, 0.3) is 5.56 Å². The van der Waals surface area contributed by atoms with Crippen LogP contribution in [0.2, 0.25) is 0 Å². The van der Waals surface area contributed by atoms with Gasteiger partial charge < -0.3 is 4.74 Å². The lowest BCUT2D eigenvalue weighted by Gasteiger charge is -2.24. The molecule has 7 nitrogen and oxygen atoms in total. The summed E-state index contributed by atoms with van der Waals surface area (Å²) < 4.78 is 9.37. The number of thiazole rings is 1. The molecule has 0 unspecified atom stereocenters. The number of hydrogen-bond acceptors (Lipinski definition) is 7. The van der Waals surface area contributed by atoms with Crippen LogP contribution in [0.25, 0.3) is 23.0 Å². The molecular weight excluding hydrogens is 565 g/mol. The van der Waals surface area contributed by atoms with E-state index in [0.29, 0.717) is 20.6 Å². The van der Waals surface area contributed by atoms with Crippen LogP contribution in [0.15, 0.2) is 117 Å². The number of carbonyl (C=O) groups excluding carboxylic acids is 1. The highest BCUT2D eigenvalue weighted by Gasteiger charge is 2.33. The zero-order valence-corrected chi connectivity index (χ0v) is 25.0. The Kier molecular flexibility index (Phi) is 7.78. The Morgan fingerprint density at radius 2 is 1.71 bits per heavy atom. The number of aromatic nitrogens is 3. The molecule has 210 valence electrons. The predicted molar refractivity (Wildman–Crippen MR) is 168 cm³/mol. The zero-order chi connectivity index (χ0) is 29.2. The fraction of sp³-hybridized carbons (Fsp3) is 0.152. The van der Waals surface area contributed by atoms with E-state index in [-0.39, 0.29) is 12.2 Å². The van der Waals surface area contributed by atoms with Crippen molar-refractivity contribution >= 4 is 35.1 Å². The first kappa shape index (κ1) is 27.7. The highest BCUT2D eigenvalue weighted by molar-refractivity contribution is 7.98. The van der Waals surface area contributed by atoms with E-state index in [1.165, 1.54) is 11.3 Å². The Morgan fingerprint density at radius 3 is 2.38 bits per heavy atom. The van der Waals surface area contributed by atoms with E-state index in [9.17, 15) is 9.59 Å². The Labute approximate surface area is 251 Å². The first-order valence-corrected chi connectivity index (χ1v) is 15.6. The number of fused-ring (bicyclic) bond motifs is 1. The minimum atomic E-state index is -0.654. The Hall–Kier alpha value is -4.47. The predicted octanol–water partition coefficient (Wildman–Crippen LogP) is 5.37. The monoisotopic (exact) mass is 592 g/mol. The smallest absolute Gasteiger partial charge is 0.338 e. The molecule has 5 aromatic rings. The normalized spacial score (nSPS) is 14.9. The van der Waals surface area contributed by atoms with Crippen LogP contribution in [0, 0.1) is 0 Å². The van der Waals surface area contributed by atoms with E-state index in [1.54, 1.807) is 30.2 Å². The number of rotatable bonds is 7. The van der Waals surface area contributed by atoms with Crippen molar-refractivity contribution in [3.8, 4) is 16.9 Å². The third-order valence-corrected chi connectivity index (χ3v) is 8.77. The topological polar surface area (TPSA) is 78.5 Å². The van der Waals surface area contributed by atoms with Crippen molar-refractivity contribution in [3.63, 3.8) is 0 Å². The summed E-state index contributed by atoms with van der Waals surface area (Å²) in [4.78, 5) is 33.7. The summed E-state index contributed by atoms with van der Waals surface area (Å²) >= 11 is 2.94. The van der Waals surface area contributed by atoms with Crippen LogP contribution >= 0.6 is 23.1 Å². The van der Waals surface area contributed by atoms with Gasteiger partial charge in [-0.25, -0.2) is 14.5 Å². The molecule has 0 radical (unpaired) electrons. The summed E-state index contributed by atoms with van der Waals surface area (Å²) in [6, 6.07) is 27.0. The Morgan fingerprint density at radius 1 is 1.02 bits per heavy atom. The van der Waals surface area contributed by atoms with Crippen LogP contribution in [-0.2, 0) is 9.53 Å². The van der Waals surface area contributed by atoms with Crippen LogP contribution in [0.4, 0.5) is 0 Å². The second kappa shape index (κ2) is 11.8. The van der Waals surface area contributed by atoms with Crippen molar-refractivity contribution in [3.05, 3.63) is 133 Å². The summed E-state index contributed by atoms with van der Waals surface area (Å²) in [5.74, 6) is -0.470. The average molecular weight is 593 g/mol. The van der Waals surface area contributed by atoms with Gasteiger partial charge in [-0.15, -0.1) is 11.8 Å². The van der Waals surface area contributed by atoms with Crippen molar-refractivity contribution in [2.24, 2.45) is 4.99 Å². The number of allylic oxidation sites excluding steroid dienone is 1. The van der Waals surface area contributed by atoms with E-state index in [0.717, 1.165) is 33.0 Å². The molecule has 0 saturated carbocycles. The maximum absolute atomic E-state index is 14.2. The Bertz CT molecular complexity index is 1970. The number of carbonyl (C=O) groups is 1. The minimum Gasteiger partial charge on any atom is -0.463 e. The van der Waals surface area contributed by atoms with Crippen molar-refractivity contribution in [2.75, 3.05) is 12.9 Å². The largest absolute Gasteiger partial charge is 0.463 e. The van der Waals surface area contributed by atoms with Crippen molar-refractivity contribution in [1.29, 1.82) is 0 Å². The molecule has 42 heavy (non-hydrogen) atoms. The molecule has 6 rings (SSSR count). The quantitative estimate of drug-likeness (QED) is 0.188. The van der Waals surface area contributed by atoms with Crippen molar-refractivity contribution in [2.45, 2.75) is 24.8 Å². The second-order valence-electron chi connectivity index (χ2n) is 9.65. The van der Waals surface area contributed by atoms with Gasteiger partial charge in [-0.05, 0) is 56.0 Å². The van der Waals surface area contributed by atoms with Gasteiger partial charge in [0.05, 0.1) is 39.8 Å². The summed E-state index contributed by atoms with van der Waals surface area (Å²) in [6.45, 7) is 3.79. The highest BCUT2D eigenvalue weighted by atomic mass is 32.2. The van der Waals surface area contributed by atoms with E-state index in [4.69, 9.17) is 14.8 Å². The van der Waals surface area contributed by atoms with Crippen molar-refractivity contribution in [1.82, 2.24) is 14.3 Å². The summed E-state index contributed by atoms with van der Waals surface area (Å²) in [6.07, 6.45) is 5.81. The molecule has 1 atom stereocenters. The maximum Gasteiger partial charge on any atom is 0.338 e. The number of ether oxygens (including phenoxy) is 1. The molecule has 1 aliphatic heterocycles. The van der Waals surface area contributed by atoms with E-state index in [2.05, 4.69) is 0 Å². The molecule has 0 N–H and O–H groups in total.